The van der Waals surface area contributed by atoms with Crippen molar-refractivity contribution in [1.82, 2.24) is 20.2 Å². The Hall–Kier alpha value is -0.430. The van der Waals surface area contributed by atoms with E-state index in [-0.39, 0.29) is 5.41 Å². The molecule has 1 atom stereocenters. The topological polar surface area (TPSA) is 60.7 Å². The van der Waals surface area contributed by atoms with Crippen molar-refractivity contribution < 1.29 is 4.21 Å². The van der Waals surface area contributed by atoms with Gasteiger partial charge in [-0.2, -0.15) is 12.6 Å². The number of rotatable bonds is 8. The summed E-state index contributed by atoms with van der Waals surface area (Å²) in [6.07, 6.45) is 3.56. The minimum absolute atomic E-state index is 0.165. The minimum atomic E-state index is -0.730. The molecule has 0 spiro atoms. The zero-order valence-corrected chi connectivity index (χ0v) is 12.1. The molecule has 1 aromatic rings. The number of tetrazole rings is 1. The van der Waals surface area contributed by atoms with Gasteiger partial charge in [0, 0.05) is 34.6 Å². The fourth-order valence-corrected chi connectivity index (χ4v) is 3.22. The van der Waals surface area contributed by atoms with E-state index in [1.165, 1.54) is 0 Å². The van der Waals surface area contributed by atoms with Crippen molar-refractivity contribution in [3.8, 4) is 0 Å². The van der Waals surface area contributed by atoms with Gasteiger partial charge in [-0.1, -0.05) is 13.8 Å². The second kappa shape index (κ2) is 7.10. The van der Waals surface area contributed by atoms with Crippen LogP contribution in [-0.4, -0.2) is 41.7 Å². The Morgan fingerprint density at radius 3 is 2.71 bits per heavy atom. The molecular formula is C10H20N4OS2. The van der Waals surface area contributed by atoms with E-state index in [1.807, 2.05) is 0 Å². The predicted octanol–water partition coefficient (Wildman–Crippen LogP) is 1.16. The third-order valence-corrected chi connectivity index (χ3v) is 4.58. The van der Waals surface area contributed by atoms with Gasteiger partial charge in [0.2, 0.25) is 0 Å². The van der Waals surface area contributed by atoms with Gasteiger partial charge in [-0.15, -0.1) is 5.10 Å². The molecule has 7 heteroatoms. The maximum Gasteiger partial charge on any atom is 0.138 e. The van der Waals surface area contributed by atoms with Crippen LogP contribution in [0.25, 0.3) is 0 Å². The molecule has 0 amide bonds. The van der Waals surface area contributed by atoms with Gasteiger partial charge in [-0.3, -0.25) is 4.21 Å². The van der Waals surface area contributed by atoms with Gasteiger partial charge in [0.05, 0.1) is 0 Å². The number of aryl methyl sites for hydroxylation is 1. The Kier molecular flexibility index (Phi) is 6.11. The number of hydrogen-bond acceptors (Lipinski definition) is 5. The van der Waals surface area contributed by atoms with E-state index < -0.39 is 10.8 Å². The third kappa shape index (κ3) is 6.16. The van der Waals surface area contributed by atoms with Gasteiger partial charge in [-0.05, 0) is 28.7 Å². The lowest BCUT2D eigenvalue weighted by molar-refractivity contribution is 0.295. The zero-order chi connectivity index (χ0) is 12.7. The van der Waals surface area contributed by atoms with Crippen molar-refractivity contribution in [2.45, 2.75) is 33.2 Å². The average Bonchev–Trinajstić information content (AvgIpc) is 2.77. The van der Waals surface area contributed by atoms with E-state index in [4.69, 9.17) is 0 Å². The summed E-state index contributed by atoms with van der Waals surface area (Å²) >= 11 is 4.09. The molecule has 98 valence electrons. The second-order valence-corrected chi connectivity index (χ2v) is 6.95. The van der Waals surface area contributed by atoms with Crippen LogP contribution < -0.4 is 0 Å². The molecule has 1 heterocycles. The third-order valence-electron chi connectivity index (χ3n) is 2.73. The monoisotopic (exact) mass is 276 g/mol. The van der Waals surface area contributed by atoms with E-state index in [9.17, 15) is 4.21 Å². The summed E-state index contributed by atoms with van der Waals surface area (Å²) in [4.78, 5) is 0. The van der Waals surface area contributed by atoms with E-state index in [0.29, 0.717) is 11.5 Å². The molecular weight excluding hydrogens is 256 g/mol. The van der Waals surface area contributed by atoms with Crippen molar-refractivity contribution in [2.75, 3.05) is 17.3 Å². The number of thiol groups is 1. The Morgan fingerprint density at radius 1 is 1.35 bits per heavy atom. The molecule has 0 bridgehead atoms. The first-order valence-electron chi connectivity index (χ1n) is 5.70. The summed E-state index contributed by atoms with van der Waals surface area (Å²) in [6.45, 7) is 5.18. The summed E-state index contributed by atoms with van der Waals surface area (Å²) in [5.74, 6) is 2.13. The summed E-state index contributed by atoms with van der Waals surface area (Å²) in [5.41, 5.74) is 0.165. The van der Waals surface area contributed by atoms with Gasteiger partial charge in [0.1, 0.15) is 6.33 Å². The summed E-state index contributed by atoms with van der Waals surface area (Å²) in [5, 5.41) is 11.0. The Balaban J connectivity index is 2.28. The molecule has 0 aromatic carbocycles. The first-order valence-corrected chi connectivity index (χ1v) is 7.82. The lowest BCUT2D eigenvalue weighted by atomic mass is 9.86. The highest BCUT2D eigenvalue weighted by atomic mass is 32.2. The molecule has 1 rings (SSSR count). The molecule has 17 heavy (non-hydrogen) atoms. The molecule has 0 aliphatic heterocycles. The molecule has 1 aromatic heterocycles. The van der Waals surface area contributed by atoms with Crippen molar-refractivity contribution in [3.63, 3.8) is 0 Å². The van der Waals surface area contributed by atoms with Crippen LogP contribution in [0, 0.1) is 5.41 Å². The van der Waals surface area contributed by atoms with E-state index in [2.05, 4.69) is 42.0 Å². The van der Waals surface area contributed by atoms with Crippen LogP contribution in [0.15, 0.2) is 6.33 Å². The molecule has 0 aliphatic carbocycles. The van der Waals surface area contributed by atoms with E-state index >= 15 is 0 Å². The van der Waals surface area contributed by atoms with Crippen LogP contribution in [0.4, 0.5) is 0 Å². The van der Waals surface area contributed by atoms with Crippen molar-refractivity contribution in [2.24, 2.45) is 5.41 Å². The smallest absolute Gasteiger partial charge is 0.138 e. The van der Waals surface area contributed by atoms with Gasteiger partial charge in [-0.25, -0.2) is 4.68 Å². The fourth-order valence-electron chi connectivity index (χ4n) is 1.42. The molecule has 0 fully saturated rings. The number of nitrogens with zero attached hydrogens (tertiary/aromatic N) is 4. The zero-order valence-electron chi connectivity index (χ0n) is 10.4. The summed E-state index contributed by atoms with van der Waals surface area (Å²) in [7, 11) is -0.730. The molecule has 0 N–H and O–H groups in total. The molecule has 0 saturated heterocycles. The van der Waals surface area contributed by atoms with Crippen LogP contribution in [0.3, 0.4) is 0 Å². The Labute approximate surface area is 110 Å². The Bertz CT molecular complexity index is 340. The molecule has 0 aliphatic rings. The predicted molar refractivity (Wildman–Crippen MR) is 72.6 cm³/mol. The molecule has 1 unspecified atom stereocenters. The van der Waals surface area contributed by atoms with E-state index in [0.717, 1.165) is 25.1 Å². The van der Waals surface area contributed by atoms with Crippen LogP contribution in [-0.2, 0) is 17.3 Å². The van der Waals surface area contributed by atoms with Crippen LogP contribution >= 0.6 is 12.6 Å². The summed E-state index contributed by atoms with van der Waals surface area (Å²) in [6, 6.07) is 0. The first-order chi connectivity index (χ1) is 8.03. The van der Waals surface area contributed by atoms with E-state index in [1.54, 1.807) is 11.0 Å². The van der Waals surface area contributed by atoms with Gasteiger partial charge >= 0.3 is 0 Å². The van der Waals surface area contributed by atoms with Crippen molar-refractivity contribution in [3.05, 3.63) is 6.33 Å². The quantitative estimate of drug-likeness (QED) is 0.724. The normalized spacial score (nSPS) is 13.8. The number of aromatic nitrogens is 4. The SMILES string of the molecule is CC(C)(CCn1cnnn1)CCS(=O)CCS. The van der Waals surface area contributed by atoms with Gasteiger partial charge < -0.3 is 0 Å². The minimum Gasteiger partial charge on any atom is -0.260 e. The lowest BCUT2D eigenvalue weighted by Gasteiger charge is -2.23. The maximum absolute atomic E-state index is 11.5. The number of hydrogen-bond donors (Lipinski definition) is 1. The van der Waals surface area contributed by atoms with Gasteiger partial charge in [0.25, 0.3) is 0 Å². The second-order valence-electron chi connectivity index (χ2n) is 4.81. The largest absolute Gasteiger partial charge is 0.260 e. The summed E-state index contributed by atoms with van der Waals surface area (Å²) < 4.78 is 13.3. The highest BCUT2D eigenvalue weighted by Crippen LogP contribution is 2.25. The molecule has 5 nitrogen and oxygen atoms in total. The Morgan fingerprint density at radius 2 is 2.12 bits per heavy atom. The molecule has 0 saturated carbocycles. The van der Waals surface area contributed by atoms with Crippen LogP contribution in [0.5, 0.6) is 0 Å². The van der Waals surface area contributed by atoms with Crippen LogP contribution in [0.1, 0.15) is 26.7 Å². The van der Waals surface area contributed by atoms with Crippen molar-refractivity contribution >= 4 is 23.4 Å². The lowest BCUT2D eigenvalue weighted by Crippen LogP contribution is -2.19. The average molecular weight is 276 g/mol. The fraction of sp³-hybridized carbons (Fsp3) is 0.900. The maximum atomic E-state index is 11.5. The van der Waals surface area contributed by atoms with Gasteiger partial charge in [0.15, 0.2) is 0 Å². The standard InChI is InChI=1S/C10H20N4OS2/c1-10(2,4-7-17(15)8-6-16)3-5-14-9-11-12-13-14/h9,16H,3-8H2,1-2H3. The highest BCUT2D eigenvalue weighted by molar-refractivity contribution is 7.87. The van der Waals surface area contributed by atoms with Crippen molar-refractivity contribution in [1.29, 1.82) is 0 Å². The first kappa shape index (κ1) is 14.6. The van der Waals surface area contributed by atoms with Crippen LogP contribution in [0.2, 0.25) is 0 Å². The molecule has 0 radical (unpaired) electrons. The highest BCUT2D eigenvalue weighted by Gasteiger charge is 2.19.